The second-order valence-corrected chi connectivity index (χ2v) is 5.94. The molecule has 0 unspecified atom stereocenters. The molecule has 0 aliphatic carbocycles. The summed E-state index contributed by atoms with van der Waals surface area (Å²) in [5.74, 6) is 8.56. The molecule has 1 aromatic carbocycles. The van der Waals surface area contributed by atoms with Crippen LogP contribution in [0.5, 0.6) is 0 Å². The third kappa shape index (κ3) is 5.28. The minimum atomic E-state index is 0.137. The molecule has 0 radical (unpaired) electrons. The first-order chi connectivity index (χ1) is 9.38. The minimum absolute atomic E-state index is 0.137. The van der Waals surface area contributed by atoms with E-state index in [1.807, 2.05) is 0 Å². The van der Waals surface area contributed by atoms with Crippen LogP contribution in [0.4, 0.5) is 0 Å². The quantitative estimate of drug-likeness (QED) is 0.857. The van der Waals surface area contributed by atoms with Crippen molar-refractivity contribution in [3.05, 3.63) is 35.4 Å². The summed E-state index contributed by atoms with van der Waals surface area (Å²) in [6.45, 7) is 3.59. The maximum absolute atomic E-state index is 8.68. The molecule has 1 heterocycles. The Morgan fingerprint density at radius 3 is 2.79 bits per heavy atom. The van der Waals surface area contributed by atoms with Gasteiger partial charge in [0.1, 0.15) is 0 Å². The highest BCUT2D eigenvalue weighted by molar-refractivity contribution is 7.99. The van der Waals surface area contributed by atoms with E-state index < -0.39 is 0 Å². The first kappa shape index (κ1) is 14.5. The molecule has 0 saturated carbocycles. The van der Waals surface area contributed by atoms with Gasteiger partial charge in [-0.05, 0) is 36.4 Å². The molecule has 3 heteroatoms. The normalized spacial score (nSPS) is 16.5. The first-order valence-electron chi connectivity index (χ1n) is 6.87. The van der Waals surface area contributed by atoms with Crippen molar-refractivity contribution >= 4 is 11.8 Å². The van der Waals surface area contributed by atoms with Crippen molar-refractivity contribution in [3.63, 3.8) is 0 Å². The summed E-state index contributed by atoms with van der Waals surface area (Å²) in [5, 5.41) is 8.68. The molecule has 0 atom stereocenters. The molecule has 102 valence electrons. The van der Waals surface area contributed by atoms with Crippen LogP contribution in [-0.4, -0.2) is 41.2 Å². The maximum atomic E-state index is 8.68. The number of hydrogen-bond acceptors (Lipinski definition) is 3. The van der Waals surface area contributed by atoms with Gasteiger partial charge >= 0.3 is 0 Å². The summed E-state index contributed by atoms with van der Waals surface area (Å²) in [6, 6.07) is 8.49. The van der Waals surface area contributed by atoms with Gasteiger partial charge in [-0.2, -0.15) is 11.8 Å². The fourth-order valence-corrected chi connectivity index (χ4v) is 3.05. The highest BCUT2D eigenvalue weighted by Gasteiger charge is 2.09. The van der Waals surface area contributed by atoms with Gasteiger partial charge in [-0.15, -0.1) is 0 Å². The Labute approximate surface area is 120 Å². The van der Waals surface area contributed by atoms with Gasteiger partial charge in [-0.25, -0.2) is 0 Å². The Kier molecular flexibility index (Phi) is 6.29. The number of aliphatic hydroxyl groups is 1. The molecule has 0 spiro atoms. The standard InChI is InChI=1S/C16H21NOS/c18-11-2-1-4-15-5-7-16(8-6-15)14-17-9-3-12-19-13-10-17/h5-8,18H,2-3,9-14H2. The van der Waals surface area contributed by atoms with E-state index in [-0.39, 0.29) is 6.61 Å². The average Bonchev–Trinajstić information content (AvgIpc) is 2.70. The summed E-state index contributed by atoms with van der Waals surface area (Å²) in [4.78, 5) is 2.53. The third-order valence-corrected chi connectivity index (χ3v) is 4.19. The van der Waals surface area contributed by atoms with Gasteiger partial charge in [0, 0.05) is 30.8 Å². The summed E-state index contributed by atoms with van der Waals surface area (Å²) >= 11 is 2.06. The number of hydrogen-bond donors (Lipinski definition) is 1. The molecule has 1 fully saturated rings. The lowest BCUT2D eigenvalue weighted by molar-refractivity contribution is 0.287. The molecule has 1 saturated heterocycles. The van der Waals surface area contributed by atoms with Crippen LogP contribution in [0.15, 0.2) is 24.3 Å². The van der Waals surface area contributed by atoms with E-state index >= 15 is 0 Å². The first-order valence-corrected chi connectivity index (χ1v) is 8.03. The smallest absolute Gasteiger partial charge is 0.0540 e. The van der Waals surface area contributed by atoms with Crippen molar-refractivity contribution in [2.24, 2.45) is 0 Å². The minimum Gasteiger partial charge on any atom is -0.395 e. The molecule has 2 rings (SSSR count). The fourth-order valence-electron chi connectivity index (χ4n) is 2.13. The maximum Gasteiger partial charge on any atom is 0.0540 e. The van der Waals surface area contributed by atoms with Crippen LogP contribution in [0.1, 0.15) is 24.0 Å². The number of nitrogens with zero attached hydrogens (tertiary/aromatic N) is 1. The van der Waals surface area contributed by atoms with Crippen molar-refractivity contribution in [1.29, 1.82) is 0 Å². The van der Waals surface area contributed by atoms with Crippen molar-refractivity contribution in [1.82, 2.24) is 4.90 Å². The SMILES string of the molecule is OCCC#Cc1ccc(CN2CCCSCC2)cc1. The Morgan fingerprint density at radius 2 is 2.00 bits per heavy atom. The third-order valence-electron chi connectivity index (χ3n) is 3.14. The molecule has 1 aliphatic rings. The second kappa shape index (κ2) is 8.27. The highest BCUT2D eigenvalue weighted by atomic mass is 32.2. The molecule has 1 N–H and O–H groups in total. The van der Waals surface area contributed by atoms with Gasteiger partial charge < -0.3 is 5.11 Å². The van der Waals surface area contributed by atoms with Crippen molar-refractivity contribution in [2.45, 2.75) is 19.4 Å². The average molecular weight is 275 g/mol. The fraction of sp³-hybridized carbons (Fsp3) is 0.500. The van der Waals surface area contributed by atoms with Crippen LogP contribution in [0.25, 0.3) is 0 Å². The summed E-state index contributed by atoms with van der Waals surface area (Å²) in [7, 11) is 0. The number of thioether (sulfide) groups is 1. The molecular weight excluding hydrogens is 254 g/mol. The van der Waals surface area contributed by atoms with Crippen LogP contribution in [0.3, 0.4) is 0 Å². The van der Waals surface area contributed by atoms with Crippen molar-refractivity contribution in [2.75, 3.05) is 31.2 Å². The van der Waals surface area contributed by atoms with Crippen LogP contribution in [-0.2, 0) is 6.54 Å². The van der Waals surface area contributed by atoms with E-state index in [0.29, 0.717) is 6.42 Å². The molecule has 0 amide bonds. The summed E-state index contributed by atoms with van der Waals surface area (Å²) in [5.41, 5.74) is 2.39. The Hall–Kier alpha value is -0.950. The van der Waals surface area contributed by atoms with Gasteiger partial charge in [0.2, 0.25) is 0 Å². The van der Waals surface area contributed by atoms with Crippen LogP contribution in [0.2, 0.25) is 0 Å². The molecular formula is C16H21NOS. The number of aliphatic hydroxyl groups excluding tert-OH is 1. The summed E-state index contributed by atoms with van der Waals surface area (Å²) in [6.07, 6.45) is 1.85. The van der Waals surface area contributed by atoms with E-state index in [1.165, 1.54) is 36.6 Å². The largest absolute Gasteiger partial charge is 0.395 e. The second-order valence-electron chi connectivity index (χ2n) is 4.71. The van der Waals surface area contributed by atoms with Crippen molar-refractivity contribution in [3.8, 4) is 11.8 Å². The zero-order valence-electron chi connectivity index (χ0n) is 11.3. The van der Waals surface area contributed by atoms with Gasteiger partial charge in [0.25, 0.3) is 0 Å². The van der Waals surface area contributed by atoms with Crippen LogP contribution in [0, 0.1) is 11.8 Å². The predicted octanol–water partition coefficient (Wildman–Crippen LogP) is 2.36. The number of rotatable bonds is 3. The Balaban J connectivity index is 1.89. The topological polar surface area (TPSA) is 23.5 Å². The van der Waals surface area contributed by atoms with Gasteiger partial charge in [-0.3, -0.25) is 4.90 Å². The lowest BCUT2D eigenvalue weighted by Gasteiger charge is -2.19. The molecule has 1 aromatic rings. The van der Waals surface area contributed by atoms with Crippen LogP contribution < -0.4 is 0 Å². The molecule has 0 bridgehead atoms. The molecule has 0 aromatic heterocycles. The van der Waals surface area contributed by atoms with Gasteiger partial charge in [-0.1, -0.05) is 24.0 Å². The van der Waals surface area contributed by atoms with Crippen LogP contribution >= 0.6 is 11.8 Å². The van der Waals surface area contributed by atoms with Crippen molar-refractivity contribution < 1.29 is 5.11 Å². The number of benzene rings is 1. The van der Waals surface area contributed by atoms with E-state index in [0.717, 1.165) is 12.1 Å². The molecule has 1 aliphatic heterocycles. The monoisotopic (exact) mass is 275 g/mol. The Morgan fingerprint density at radius 1 is 1.16 bits per heavy atom. The zero-order chi connectivity index (χ0) is 13.3. The van der Waals surface area contributed by atoms with E-state index in [1.54, 1.807) is 0 Å². The lowest BCUT2D eigenvalue weighted by atomic mass is 10.1. The van der Waals surface area contributed by atoms with E-state index in [4.69, 9.17) is 5.11 Å². The molecule has 2 nitrogen and oxygen atoms in total. The molecule has 19 heavy (non-hydrogen) atoms. The highest BCUT2D eigenvalue weighted by Crippen LogP contribution is 2.13. The predicted molar refractivity (Wildman–Crippen MR) is 82.2 cm³/mol. The van der Waals surface area contributed by atoms with Gasteiger partial charge in [0.15, 0.2) is 0 Å². The Bertz CT molecular complexity index is 424. The summed E-state index contributed by atoms with van der Waals surface area (Å²) < 4.78 is 0. The van der Waals surface area contributed by atoms with E-state index in [2.05, 4.69) is 52.8 Å². The lowest BCUT2D eigenvalue weighted by Crippen LogP contribution is -2.25. The van der Waals surface area contributed by atoms with E-state index in [9.17, 15) is 0 Å². The zero-order valence-corrected chi connectivity index (χ0v) is 12.1. The van der Waals surface area contributed by atoms with Gasteiger partial charge in [0.05, 0.1) is 6.61 Å².